The highest BCUT2D eigenvalue weighted by Gasteiger charge is 2.32. The van der Waals surface area contributed by atoms with Crippen molar-refractivity contribution in [3.8, 4) is 0 Å². The lowest BCUT2D eigenvalue weighted by Gasteiger charge is -2.17. The van der Waals surface area contributed by atoms with E-state index in [1.54, 1.807) is 0 Å². The molecule has 2 aromatic heterocycles. The number of hydrogen-bond donors (Lipinski definition) is 1. The first-order valence-electron chi connectivity index (χ1n) is 7.93. The molecule has 22 heavy (non-hydrogen) atoms. The van der Waals surface area contributed by atoms with E-state index < -0.39 is 0 Å². The van der Waals surface area contributed by atoms with Gasteiger partial charge in [0.15, 0.2) is 0 Å². The second-order valence-electron chi connectivity index (χ2n) is 6.46. The molecule has 1 amide bonds. The first-order chi connectivity index (χ1) is 10.7. The van der Waals surface area contributed by atoms with E-state index in [9.17, 15) is 4.79 Å². The molecule has 2 N–H and O–H groups in total. The van der Waals surface area contributed by atoms with Crippen LogP contribution in [-0.2, 0) is 0 Å². The van der Waals surface area contributed by atoms with Crippen molar-refractivity contribution in [1.82, 2.24) is 15.0 Å². The molecule has 1 saturated heterocycles. The second-order valence-corrected chi connectivity index (χ2v) is 6.46. The lowest BCUT2D eigenvalue weighted by Crippen LogP contribution is -2.30. The Morgan fingerprint density at radius 1 is 1.45 bits per heavy atom. The van der Waals surface area contributed by atoms with Crippen LogP contribution in [0.2, 0.25) is 0 Å². The number of nitrogens with two attached hydrogens (primary N) is 1. The normalized spacial score (nSPS) is 21.7. The van der Waals surface area contributed by atoms with Gasteiger partial charge in [0.25, 0.3) is 11.6 Å². The third kappa shape index (κ3) is 2.18. The number of aryl methyl sites for hydroxylation is 1. The van der Waals surface area contributed by atoms with Gasteiger partial charge in [-0.05, 0) is 44.7 Å². The van der Waals surface area contributed by atoms with Crippen molar-refractivity contribution in [2.75, 3.05) is 19.6 Å². The molecule has 1 atom stereocenters. The number of amides is 1. The first-order valence-corrected chi connectivity index (χ1v) is 7.93. The summed E-state index contributed by atoms with van der Waals surface area (Å²) in [7, 11) is 0. The van der Waals surface area contributed by atoms with Crippen molar-refractivity contribution in [3.05, 3.63) is 23.0 Å². The van der Waals surface area contributed by atoms with Gasteiger partial charge in [-0.25, -0.2) is 4.98 Å². The minimum Gasteiger partial charge on any atom is -0.338 e. The predicted octanol–water partition coefficient (Wildman–Crippen LogP) is 1.83. The van der Waals surface area contributed by atoms with Crippen LogP contribution in [0.15, 0.2) is 10.6 Å². The second kappa shape index (κ2) is 5.05. The Labute approximate surface area is 128 Å². The van der Waals surface area contributed by atoms with Gasteiger partial charge in [0.2, 0.25) is 0 Å². The van der Waals surface area contributed by atoms with Crippen molar-refractivity contribution in [2.24, 2.45) is 11.7 Å². The van der Waals surface area contributed by atoms with Gasteiger partial charge in [-0.15, -0.1) is 0 Å². The number of carbonyl (C=O) groups is 1. The van der Waals surface area contributed by atoms with Gasteiger partial charge in [0.05, 0.1) is 16.6 Å². The Bertz CT molecular complexity index is 735. The molecule has 3 heterocycles. The Balaban J connectivity index is 1.76. The van der Waals surface area contributed by atoms with Crippen LogP contribution >= 0.6 is 0 Å². The maximum Gasteiger partial charge on any atom is 0.259 e. The van der Waals surface area contributed by atoms with Gasteiger partial charge in [-0.2, -0.15) is 0 Å². The van der Waals surface area contributed by atoms with Crippen LogP contribution in [0.4, 0.5) is 0 Å². The van der Waals surface area contributed by atoms with Crippen LogP contribution in [0, 0.1) is 12.8 Å². The molecule has 1 aliphatic carbocycles. The average Bonchev–Trinajstić information content (AvgIpc) is 3.16. The topological polar surface area (TPSA) is 85.2 Å². The molecule has 0 aromatic carbocycles. The van der Waals surface area contributed by atoms with Crippen molar-refractivity contribution < 1.29 is 9.32 Å². The van der Waals surface area contributed by atoms with E-state index >= 15 is 0 Å². The molecule has 2 fully saturated rings. The molecular weight excluding hydrogens is 280 g/mol. The minimum absolute atomic E-state index is 0.0524. The van der Waals surface area contributed by atoms with E-state index in [2.05, 4.69) is 10.1 Å². The molecule has 6 nitrogen and oxygen atoms in total. The van der Waals surface area contributed by atoms with Gasteiger partial charge < -0.3 is 15.2 Å². The Kier molecular flexibility index (Phi) is 3.14. The Morgan fingerprint density at radius 2 is 2.27 bits per heavy atom. The SMILES string of the molecule is Cc1noc2nc(C3CC3)cc(C(=O)N3CCC(CN)C3)c12. The molecule has 1 unspecified atom stereocenters. The maximum atomic E-state index is 13.0. The lowest BCUT2D eigenvalue weighted by atomic mass is 10.1. The molecule has 2 aromatic rings. The number of pyridine rings is 1. The van der Waals surface area contributed by atoms with Crippen LogP contribution in [0.5, 0.6) is 0 Å². The van der Waals surface area contributed by atoms with E-state index in [4.69, 9.17) is 10.3 Å². The Morgan fingerprint density at radius 3 is 2.95 bits per heavy atom. The molecule has 4 rings (SSSR count). The van der Waals surface area contributed by atoms with Crippen LogP contribution in [0.3, 0.4) is 0 Å². The fourth-order valence-electron chi connectivity index (χ4n) is 3.25. The van der Waals surface area contributed by atoms with Crippen molar-refractivity contribution in [3.63, 3.8) is 0 Å². The zero-order valence-corrected chi connectivity index (χ0v) is 12.7. The molecule has 0 radical (unpaired) electrons. The molecule has 1 saturated carbocycles. The molecule has 1 aliphatic heterocycles. The molecule has 0 spiro atoms. The summed E-state index contributed by atoms with van der Waals surface area (Å²) in [6.45, 7) is 4.00. The smallest absolute Gasteiger partial charge is 0.259 e. The highest BCUT2D eigenvalue weighted by atomic mass is 16.5. The van der Waals surface area contributed by atoms with Crippen molar-refractivity contribution in [1.29, 1.82) is 0 Å². The minimum atomic E-state index is 0.0524. The van der Waals surface area contributed by atoms with Crippen molar-refractivity contribution in [2.45, 2.75) is 32.1 Å². The van der Waals surface area contributed by atoms with Gasteiger partial charge >= 0.3 is 0 Å². The summed E-state index contributed by atoms with van der Waals surface area (Å²) in [4.78, 5) is 19.4. The van der Waals surface area contributed by atoms with E-state index in [-0.39, 0.29) is 5.91 Å². The van der Waals surface area contributed by atoms with Crippen LogP contribution < -0.4 is 5.73 Å². The highest BCUT2D eigenvalue weighted by molar-refractivity contribution is 6.06. The van der Waals surface area contributed by atoms with Gasteiger partial charge in [0, 0.05) is 24.7 Å². The summed E-state index contributed by atoms with van der Waals surface area (Å²) < 4.78 is 5.31. The van der Waals surface area contributed by atoms with Crippen LogP contribution in [-0.4, -0.2) is 40.6 Å². The van der Waals surface area contributed by atoms with E-state index in [0.717, 1.165) is 49.1 Å². The summed E-state index contributed by atoms with van der Waals surface area (Å²) in [5, 5.41) is 4.74. The monoisotopic (exact) mass is 300 g/mol. The first kappa shape index (κ1) is 13.7. The highest BCUT2D eigenvalue weighted by Crippen LogP contribution is 2.40. The quantitative estimate of drug-likeness (QED) is 0.934. The van der Waals surface area contributed by atoms with Gasteiger partial charge in [0.1, 0.15) is 0 Å². The lowest BCUT2D eigenvalue weighted by molar-refractivity contribution is 0.0789. The number of carbonyl (C=O) groups excluding carboxylic acids is 1. The maximum absolute atomic E-state index is 13.0. The third-order valence-electron chi connectivity index (χ3n) is 4.77. The Hall–Kier alpha value is -1.95. The average molecular weight is 300 g/mol. The number of hydrogen-bond acceptors (Lipinski definition) is 5. The summed E-state index contributed by atoms with van der Waals surface area (Å²) in [5.74, 6) is 0.932. The summed E-state index contributed by atoms with van der Waals surface area (Å²) in [6, 6.07) is 1.95. The standard InChI is InChI=1S/C16H20N4O2/c1-9-14-12(16(21)20-5-4-10(7-17)8-20)6-13(11-2-3-11)18-15(14)22-19-9/h6,10-11H,2-5,7-8,17H2,1H3. The number of aromatic nitrogens is 2. The fraction of sp³-hybridized carbons (Fsp3) is 0.562. The molecule has 6 heteroatoms. The van der Waals surface area contributed by atoms with E-state index in [1.165, 1.54) is 0 Å². The van der Waals surface area contributed by atoms with Crippen molar-refractivity contribution >= 4 is 17.0 Å². The fourth-order valence-corrected chi connectivity index (χ4v) is 3.25. The number of rotatable bonds is 3. The summed E-state index contributed by atoms with van der Waals surface area (Å²) in [6.07, 6.45) is 3.25. The van der Waals surface area contributed by atoms with E-state index in [1.807, 2.05) is 17.9 Å². The molecule has 0 bridgehead atoms. The zero-order valence-electron chi connectivity index (χ0n) is 12.7. The number of likely N-dealkylation sites (tertiary alicyclic amines) is 1. The number of fused-ring (bicyclic) bond motifs is 1. The van der Waals surface area contributed by atoms with Crippen LogP contribution in [0.1, 0.15) is 46.9 Å². The van der Waals surface area contributed by atoms with Crippen LogP contribution in [0.25, 0.3) is 11.1 Å². The van der Waals surface area contributed by atoms with Gasteiger partial charge in [-0.1, -0.05) is 5.16 Å². The zero-order chi connectivity index (χ0) is 15.3. The largest absolute Gasteiger partial charge is 0.338 e. The molecule has 2 aliphatic rings. The number of nitrogens with zero attached hydrogens (tertiary/aromatic N) is 3. The third-order valence-corrected chi connectivity index (χ3v) is 4.77. The summed E-state index contributed by atoms with van der Waals surface area (Å²) in [5.41, 5.74) is 8.59. The molecule has 116 valence electrons. The van der Waals surface area contributed by atoms with E-state index in [0.29, 0.717) is 29.7 Å². The molecular formula is C16H20N4O2. The van der Waals surface area contributed by atoms with Gasteiger partial charge in [-0.3, -0.25) is 4.79 Å². The summed E-state index contributed by atoms with van der Waals surface area (Å²) >= 11 is 0. The predicted molar refractivity (Wildman–Crippen MR) is 81.6 cm³/mol.